The highest BCUT2D eigenvalue weighted by atomic mass is 16.5. The number of methoxy groups -OCH3 is 1. The Balaban J connectivity index is 2.87. The molecule has 1 fully saturated rings. The first-order chi connectivity index (χ1) is 14.6. The lowest BCUT2D eigenvalue weighted by molar-refractivity contribution is -0.148. The number of rotatable bonds is 13. The zero-order valence-corrected chi connectivity index (χ0v) is 20.3. The highest BCUT2D eigenvalue weighted by Gasteiger charge is 2.44. The van der Waals surface area contributed by atoms with Gasteiger partial charge in [0.15, 0.2) is 0 Å². The van der Waals surface area contributed by atoms with E-state index in [4.69, 9.17) is 4.74 Å². The Labute approximate surface area is 188 Å². The van der Waals surface area contributed by atoms with Crippen molar-refractivity contribution in [3.05, 3.63) is 24.3 Å². The van der Waals surface area contributed by atoms with E-state index in [0.717, 1.165) is 32.1 Å². The summed E-state index contributed by atoms with van der Waals surface area (Å²) in [5.41, 5.74) is 0.0231. The molecule has 0 bridgehead atoms. The average Bonchev–Trinajstić information content (AvgIpc) is 2.98. The maximum Gasteiger partial charge on any atom is 0.305 e. The van der Waals surface area contributed by atoms with Gasteiger partial charge < -0.3 is 9.47 Å². The molecule has 1 rings (SSSR count). The van der Waals surface area contributed by atoms with E-state index in [1.165, 1.54) is 14.0 Å². The van der Waals surface area contributed by atoms with E-state index in [2.05, 4.69) is 38.5 Å². The van der Waals surface area contributed by atoms with Crippen molar-refractivity contribution < 1.29 is 23.9 Å². The van der Waals surface area contributed by atoms with Crippen LogP contribution in [0.3, 0.4) is 0 Å². The molecule has 0 spiro atoms. The Bertz CT molecular complexity index is 646. The molecule has 5 nitrogen and oxygen atoms in total. The van der Waals surface area contributed by atoms with Crippen molar-refractivity contribution in [2.24, 2.45) is 23.2 Å². The van der Waals surface area contributed by atoms with Crippen molar-refractivity contribution in [3.8, 4) is 0 Å². The molecule has 1 saturated carbocycles. The molecular formula is C26H42O5. The quantitative estimate of drug-likeness (QED) is 0.207. The van der Waals surface area contributed by atoms with Crippen LogP contribution >= 0.6 is 0 Å². The third-order valence-electron chi connectivity index (χ3n) is 6.19. The fraction of sp³-hybridized carbons (Fsp3) is 0.731. The van der Waals surface area contributed by atoms with Crippen molar-refractivity contribution in [1.29, 1.82) is 0 Å². The van der Waals surface area contributed by atoms with Crippen molar-refractivity contribution in [2.75, 3.05) is 7.11 Å². The second-order valence-corrected chi connectivity index (χ2v) is 9.53. The van der Waals surface area contributed by atoms with Gasteiger partial charge in [-0.3, -0.25) is 14.4 Å². The van der Waals surface area contributed by atoms with Gasteiger partial charge in [0.05, 0.1) is 7.11 Å². The van der Waals surface area contributed by atoms with Crippen molar-refractivity contribution in [3.63, 3.8) is 0 Å². The number of unbranched alkanes of at least 4 members (excludes halogenated alkanes) is 2. The molecule has 0 N–H and O–H groups in total. The predicted octanol–water partition coefficient (Wildman–Crippen LogP) is 5.82. The molecule has 176 valence electrons. The maximum atomic E-state index is 12.7. The summed E-state index contributed by atoms with van der Waals surface area (Å²) < 4.78 is 10.4. The Kier molecular flexibility index (Phi) is 11.8. The van der Waals surface area contributed by atoms with E-state index in [1.807, 2.05) is 18.2 Å². The number of allylic oxidation sites excluding steroid dienone is 3. The summed E-state index contributed by atoms with van der Waals surface area (Å²) in [7, 11) is 1.39. The predicted molar refractivity (Wildman–Crippen MR) is 123 cm³/mol. The molecule has 0 amide bonds. The van der Waals surface area contributed by atoms with Gasteiger partial charge in [0, 0.05) is 31.6 Å². The SMILES string of the molecule is CCCCC(C)(C)C=C[C@H](OC(C)=O)[C@H]1[C@H](C)CC(=O)[C@@H]1CC=CCCCC(=O)OC. The third-order valence-corrected chi connectivity index (χ3v) is 6.19. The van der Waals surface area contributed by atoms with Gasteiger partial charge in [0.1, 0.15) is 11.9 Å². The van der Waals surface area contributed by atoms with Gasteiger partial charge in [0.25, 0.3) is 0 Å². The first-order valence-electron chi connectivity index (χ1n) is 11.7. The van der Waals surface area contributed by atoms with Crippen LogP contribution in [0.15, 0.2) is 24.3 Å². The maximum absolute atomic E-state index is 12.7. The topological polar surface area (TPSA) is 69.7 Å². The van der Waals surface area contributed by atoms with Crippen molar-refractivity contribution in [2.45, 2.75) is 92.1 Å². The summed E-state index contributed by atoms with van der Waals surface area (Å²) >= 11 is 0. The summed E-state index contributed by atoms with van der Waals surface area (Å²) in [6.07, 6.45) is 14.3. The van der Waals surface area contributed by atoms with Crippen LogP contribution in [-0.2, 0) is 23.9 Å². The number of ketones is 1. The van der Waals surface area contributed by atoms with Gasteiger partial charge >= 0.3 is 11.9 Å². The molecule has 0 heterocycles. The van der Waals surface area contributed by atoms with Gasteiger partial charge in [-0.05, 0) is 43.1 Å². The van der Waals surface area contributed by atoms with E-state index in [1.54, 1.807) is 0 Å². The molecule has 0 saturated heterocycles. The van der Waals surface area contributed by atoms with Crippen LogP contribution in [0.4, 0.5) is 0 Å². The first kappa shape index (κ1) is 27.1. The number of carbonyl (C=O) groups excluding carboxylic acids is 3. The normalized spacial score (nSPS) is 22.9. The molecule has 0 aromatic rings. The van der Waals surface area contributed by atoms with Crippen LogP contribution < -0.4 is 0 Å². The lowest BCUT2D eigenvalue weighted by Crippen LogP contribution is -2.32. The smallest absolute Gasteiger partial charge is 0.305 e. The van der Waals surface area contributed by atoms with Gasteiger partial charge in [-0.2, -0.15) is 0 Å². The minimum Gasteiger partial charge on any atom is -0.469 e. The third kappa shape index (κ3) is 9.84. The Morgan fingerprint density at radius 2 is 1.94 bits per heavy atom. The Hall–Kier alpha value is -1.91. The van der Waals surface area contributed by atoms with Crippen LogP contribution in [0.25, 0.3) is 0 Å². The van der Waals surface area contributed by atoms with Crippen LogP contribution in [0.2, 0.25) is 0 Å². The van der Waals surface area contributed by atoms with Crippen LogP contribution in [0.1, 0.15) is 86.0 Å². The Morgan fingerprint density at radius 3 is 2.55 bits per heavy atom. The van der Waals surface area contributed by atoms with E-state index < -0.39 is 6.10 Å². The standard InChI is InChI=1S/C26H42O5/c1-7-8-16-26(4,5)17-15-23(31-20(3)27)25-19(2)18-22(28)21(25)13-11-9-10-12-14-24(29)30-6/h9,11,15,17,19,21,23,25H,7-8,10,12-14,16,18H2,1-6H3/t19-,21+,23+,25+/m1/s1. The molecule has 4 atom stereocenters. The zero-order valence-electron chi connectivity index (χ0n) is 20.3. The molecule has 0 aromatic carbocycles. The molecule has 31 heavy (non-hydrogen) atoms. The number of Topliss-reactive ketones (excluding diaryl/α,β-unsaturated/α-hetero) is 1. The van der Waals surface area contributed by atoms with Crippen molar-refractivity contribution >= 4 is 17.7 Å². The summed E-state index contributed by atoms with van der Waals surface area (Å²) in [5, 5.41) is 0. The average molecular weight is 435 g/mol. The molecular weight excluding hydrogens is 392 g/mol. The number of carbonyl (C=O) groups is 3. The number of esters is 2. The van der Waals surface area contributed by atoms with Gasteiger partial charge in [0.2, 0.25) is 0 Å². The molecule has 0 aromatic heterocycles. The lowest BCUT2D eigenvalue weighted by Gasteiger charge is -2.29. The fourth-order valence-electron chi connectivity index (χ4n) is 4.39. The monoisotopic (exact) mass is 434 g/mol. The van der Waals surface area contributed by atoms with Gasteiger partial charge in [-0.15, -0.1) is 0 Å². The molecule has 0 unspecified atom stereocenters. The van der Waals surface area contributed by atoms with Crippen LogP contribution in [0.5, 0.6) is 0 Å². The molecule has 1 aliphatic rings. The van der Waals surface area contributed by atoms with Crippen LogP contribution in [0, 0.1) is 23.2 Å². The number of ether oxygens (including phenoxy) is 2. The zero-order chi connectivity index (χ0) is 23.4. The second kappa shape index (κ2) is 13.5. The van der Waals surface area contributed by atoms with Crippen LogP contribution in [-0.4, -0.2) is 30.9 Å². The minimum absolute atomic E-state index is 0.0191. The summed E-state index contributed by atoms with van der Waals surface area (Å²) in [6.45, 7) is 10.1. The summed E-state index contributed by atoms with van der Waals surface area (Å²) in [6, 6.07) is 0. The fourth-order valence-corrected chi connectivity index (χ4v) is 4.39. The highest BCUT2D eigenvalue weighted by molar-refractivity contribution is 5.84. The van der Waals surface area contributed by atoms with E-state index in [0.29, 0.717) is 19.3 Å². The largest absolute Gasteiger partial charge is 0.469 e. The van der Waals surface area contributed by atoms with E-state index >= 15 is 0 Å². The van der Waals surface area contributed by atoms with E-state index in [-0.39, 0.29) is 40.9 Å². The first-order valence-corrected chi connectivity index (χ1v) is 11.7. The van der Waals surface area contributed by atoms with E-state index in [9.17, 15) is 14.4 Å². The molecule has 0 radical (unpaired) electrons. The number of hydrogen-bond donors (Lipinski definition) is 0. The summed E-state index contributed by atoms with van der Waals surface area (Å²) in [5.74, 6) is -0.282. The molecule has 0 aliphatic heterocycles. The highest BCUT2D eigenvalue weighted by Crippen LogP contribution is 2.41. The van der Waals surface area contributed by atoms with Crippen molar-refractivity contribution in [1.82, 2.24) is 0 Å². The Morgan fingerprint density at radius 1 is 1.23 bits per heavy atom. The second-order valence-electron chi connectivity index (χ2n) is 9.53. The molecule has 1 aliphatic carbocycles. The summed E-state index contributed by atoms with van der Waals surface area (Å²) in [4.78, 5) is 35.7. The van der Waals surface area contributed by atoms with Gasteiger partial charge in [-0.1, -0.05) is 58.8 Å². The number of hydrogen-bond acceptors (Lipinski definition) is 5. The minimum atomic E-state index is -0.391. The molecule has 5 heteroatoms. The lowest BCUT2D eigenvalue weighted by atomic mass is 9.81. The van der Waals surface area contributed by atoms with Gasteiger partial charge in [-0.25, -0.2) is 0 Å².